The molecule has 0 unspecified atom stereocenters. The SMILES string of the molecule is CNc1nc(N2CCOCC2)c2nc(Nc3cccc(C)c3)n(C)c2n1. The first-order valence-corrected chi connectivity index (χ1v) is 8.74. The van der Waals surface area contributed by atoms with E-state index in [0.29, 0.717) is 19.2 Å². The largest absolute Gasteiger partial charge is 0.378 e. The van der Waals surface area contributed by atoms with Crippen molar-refractivity contribution < 1.29 is 4.74 Å². The van der Waals surface area contributed by atoms with Gasteiger partial charge in [-0.05, 0) is 24.6 Å². The van der Waals surface area contributed by atoms with E-state index in [2.05, 4.69) is 44.6 Å². The average Bonchev–Trinajstić information content (AvgIpc) is 2.97. The van der Waals surface area contributed by atoms with Crippen LogP contribution in [-0.2, 0) is 11.8 Å². The smallest absolute Gasteiger partial charge is 0.226 e. The number of hydrogen-bond donors (Lipinski definition) is 2. The van der Waals surface area contributed by atoms with Crippen molar-refractivity contribution in [2.24, 2.45) is 7.05 Å². The van der Waals surface area contributed by atoms with Crippen molar-refractivity contribution in [2.75, 3.05) is 48.9 Å². The molecule has 26 heavy (non-hydrogen) atoms. The summed E-state index contributed by atoms with van der Waals surface area (Å²) < 4.78 is 7.43. The molecule has 1 saturated heterocycles. The summed E-state index contributed by atoms with van der Waals surface area (Å²) in [6.07, 6.45) is 0. The number of nitrogens with one attached hydrogen (secondary N) is 2. The molecule has 2 N–H and O–H groups in total. The van der Waals surface area contributed by atoms with Crippen molar-refractivity contribution in [1.82, 2.24) is 19.5 Å². The summed E-state index contributed by atoms with van der Waals surface area (Å²) in [5, 5.41) is 6.44. The van der Waals surface area contributed by atoms with Gasteiger partial charge in [-0.3, -0.25) is 4.57 Å². The van der Waals surface area contributed by atoms with Crippen LogP contribution in [0, 0.1) is 6.92 Å². The molecule has 0 bridgehead atoms. The molecule has 1 aromatic carbocycles. The van der Waals surface area contributed by atoms with Gasteiger partial charge in [-0.2, -0.15) is 9.97 Å². The van der Waals surface area contributed by atoms with E-state index in [1.165, 1.54) is 5.56 Å². The van der Waals surface area contributed by atoms with E-state index in [0.717, 1.165) is 41.7 Å². The zero-order valence-electron chi connectivity index (χ0n) is 15.3. The molecule has 3 heterocycles. The zero-order chi connectivity index (χ0) is 18.1. The summed E-state index contributed by atoms with van der Waals surface area (Å²) in [5.74, 6) is 2.17. The third kappa shape index (κ3) is 3.03. The van der Waals surface area contributed by atoms with Gasteiger partial charge in [0.1, 0.15) is 0 Å². The lowest BCUT2D eigenvalue weighted by molar-refractivity contribution is 0.122. The molecule has 0 spiro atoms. The first-order chi connectivity index (χ1) is 12.7. The fourth-order valence-electron chi connectivity index (χ4n) is 3.12. The van der Waals surface area contributed by atoms with E-state index >= 15 is 0 Å². The van der Waals surface area contributed by atoms with Crippen LogP contribution in [-0.4, -0.2) is 52.9 Å². The monoisotopic (exact) mass is 353 g/mol. The summed E-state index contributed by atoms with van der Waals surface area (Å²) in [7, 11) is 3.79. The number of anilines is 4. The van der Waals surface area contributed by atoms with E-state index in [1.54, 1.807) is 0 Å². The molecule has 1 aliphatic rings. The Morgan fingerprint density at radius 3 is 2.65 bits per heavy atom. The summed E-state index contributed by atoms with van der Waals surface area (Å²) in [4.78, 5) is 16.3. The Labute approximate surface area is 152 Å². The fraction of sp³-hybridized carbons (Fsp3) is 0.389. The molecule has 1 fully saturated rings. The molecule has 0 atom stereocenters. The Bertz CT molecular complexity index is 931. The molecule has 1 aliphatic heterocycles. The van der Waals surface area contributed by atoms with Gasteiger partial charge in [-0.1, -0.05) is 12.1 Å². The molecule has 4 rings (SSSR count). The van der Waals surface area contributed by atoms with Gasteiger partial charge in [0, 0.05) is 32.9 Å². The van der Waals surface area contributed by atoms with E-state index < -0.39 is 0 Å². The van der Waals surface area contributed by atoms with E-state index in [4.69, 9.17) is 9.72 Å². The van der Waals surface area contributed by atoms with Crippen LogP contribution >= 0.6 is 0 Å². The fourth-order valence-corrected chi connectivity index (χ4v) is 3.12. The second-order valence-electron chi connectivity index (χ2n) is 6.38. The van der Waals surface area contributed by atoms with Gasteiger partial charge in [-0.15, -0.1) is 0 Å². The van der Waals surface area contributed by atoms with Gasteiger partial charge in [0.2, 0.25) is 11.9 Å². The van der Waals surface area contributed by atoms with Crippen LogP contribution in [0.4, 0.5) is 23.4 Å². The van der Waals surface area contributed by atoms with Crippen molar-refractivity contribution >= 4 is 34.6 Å². The lowest BCUT2D eigenvalue weighted by Gasteiger charge is -2.27. The Balaban J connectivity index is 1.79. The molecule has 8 nitrogen and oxygen atoms in total. The number of morpholine rings is 1. The standard InChI is InChI=1S/C18H23N7O/c1-12-5-4-6-13(11-12)20-18-21-14-15(24(18)3)22-17(19-2)23-16(14)25-7-9-26-10-8-25/h4-6,11H,7-10H2,1-3H3,(H,20,21)(H,19,22,23). The van der Waals surface area contributed by atoms with Crippen LogP contribution in [0.2, 0.25) is 0 Å². The minimum atomic E-state index is 0.587. The number of imidazole rings is 1. The maximum Gasteiger partial charge on any atom is 0.226 e. The predicted molar refractivity (Wildman–Crippen MR) is 103 cm³/mol. The minimum absolute atomic E-state index is 0.587. The van der Waals surface area contributed by atoms with Crippen LogP contribution in [0.3, 0.4) is 0 Å². The van der Waals surface area contributed by atoms with E-state index in [9.17, 15) is 0 Å². The van der Waals surface area contributed by atoms with Gasteiger partial charge in [0.05, 0.1) is 13.2 Å². The van der Waals surface area contributed by atoms with Gasteiger partial charge < -0.3 is 20.3 Å². The number of benzene rings is 1. The summed E-state index contributed by atoms with van der Waals surface area (Å²) >= 11 is 0. The number of nitrogens with zero attached hydrogens (tertiary/aromatic N) is 5. The number of rotatable bonds is 4. The first kappa shape index (κ1) is 16.6. The first-order valence-electron chi connectivity index (χ1n) is 8.74. The van der Waals surface area contributed by atoms with Gasteiger partial charge in [0.15, 0.2) is 17.0 Å². The van der Waals surface area contributed by atoms with Crippen LogP contribution in [0.25, 0.3) is 11.2 Å². The predicted octanol–water partition coefficient (Wildman–Crippen LogP) is 2.29. The topological polar surface area (TPSA) is 80.1 Å². The molecule has 0 aliphatic carbocycles. The molecule has 0 radical (unpaired) electrons. The Morgan fingerprint density at radius 2 is 1.92 bits per heavy atom. The normalized spacial score (nSPS) is 14.7. The second kappa shape index (κ2) is 6.80. The summed E-state index contributed by atoms with van der Waals surface area (Å²) in [5.41, 5.74) is 3.78. The highest BCUT2D eigenvalue weighted by Gasteiger charge is 2.21. The third-order valence-electron chi connectivity index (χ3n) is 4.51. The molecule has 2 aromatic heterocycles. The van der Waals surface area contributed by atoms with Crippen molar-refractivity contribution in [1.29, 1.82) is 0 Å². The lowest BCUT2D eigenvalue weighted by atomic mass is 10.2. The van der Waals surface area contributed by atoms with Crippen LogP contribution in [0.15, 0.2) is 24.3 Å². The maximum atomic E-state index is 5.47. The Kier molecular flexibility index (Phi) is 4.34. The highest BCUT2D eigenvalue weighted by atomic mass is 16.5. The molecular formula is C18H23N7O. The van der Waals surface area contributed by atoms with Crippen molar-refractivity contribution in [3.8, 4) is 0 Å². The highest BCUT2D eigenvalue weighted by molar-refractivity contribution is 5.87. The van der Waals surface area contributed by atoms with Crippen LogP contribution in [0.1, 0.15) is 5.56 Å². The molecule has 0 saturated carbocycles. The van der Waals surface area contributed by atoms with Gasteiger partial charge >= 0.3 is 0 Å². The lowest BCUT2D eigenvalue weighted by Crippen LogP contribution is -2.37. The van der Waals surface area contributed by atoms with E-state index in [1.807, 2.05) is 30.8 Å². The molecule has 8 heteroatoms. The third-order valence-corrected chi connectivity index (χ3v) is 4.51. The zero-order valence-corrected chi connectivity index (χ0v) is 15.3. The highest BCUT2D eigenvalue weighted by Crippen LogP contribution is 2.28. The number of fused-ring (bicyclic) bond motifs is 1. The van der Waals surface area contributed by atoms with Crippen LogP contribution in [0.5, 0.6) is 0 Å². The average molecular weight is 353 g/mol. The number of aryl methyl sites for hydroxylation is 2. The van der Waals surface area contributed by atoms with Crippen molar-refractivity contribution in [3.63, 3.8) is 0 Å². The van der Waals surface area contributed by atoms with Gasteiger partial charge in [-0.25, -0.2) is 4.98 Å². The quantitative estimate of drug-likeness (QED) is 0.745. The van der Waals surface area contributed by atoms with Crippen molar-refractivity contribution in [2.45, 2.75) is 6.92 Å². The summed E-state index contributed by atoms with van der Waals surface area (Å²) in [6.45, 7) is 5.06. The number of hydrogen-bond acceptors (Lipinski definition) is 7. The maximum absolute atomic E-state index is 5.47. The molecule has 3 aromatic rings. The molecule has 0 amide bonds. The number of ether oxygens (including phenoxy) is 1. The van der Waals surface area contributed by atoms with Crippen molar-refractivity contribution in [3.05, 3.63) is 29.8 Å². The Morgan fingerprint density at radius 1 is 1.12 bits per heavy atom. The molecule has 136 valence electrons. The van der Waals surface area contributed by atoms with E-state index in [-0.39, 0.29) is 0 Å². The number of aromatic nitrogens is 4. The molecular weight excluding hydrogens is 330 g/mol. The summed E-state index contributed by atoms with van der Waals surface area (Å²) in [6, 6.07) is 8.21. The minimum Gasteiger partial charge on any atom is -0.378 e. The van der Waals surface area contributed by atoms with Gasteiger partial charge in [0.25, 0.3) is 0 Å². The second-order valence-corrected chi connectivity index (χ2v) is 6.38. The van der Waals surface area contributed by atoms with Crippen LogP contribution < -0.4 is 15.5 Å². The Hall–Kier alpha value is -2.87.